The van der Waals surface area contributed by atoms with E-state index in [0.717, 1.165) is 12.2 Å². The topological polar surface area (TPSA) is 107 Å². The molecule has 0 unspecified atom stereocenters. The Morgan fingerprint density at radius 1 is 1.21 bits per heavy atom. The molecular formula is C13H19NO5. The van der Waals surface area contributed by atoms with Gasteiger partial charge in [-0.15, -0.1) is 0 Å². The molecular weight excluding hydrogens is 250 g/mol. The Morgan fingerprint density at radius 2 is 1.58 bits per heavy atom. The molecule has 0 aromatic carbocycles. The van der Waals surface area contributed by atoms with Gasteiger partial charge in [0.15, 0.2) is 0 Å². The lowest BCUT2D eigenvalue weighted by Gasteiger charge is -1.92. The highest BCUT2D eigenvalue weighted by Gasteiger charge is 1.88. The van der Waals surface area contributed by atoms with E-state index in [0.29, 0.717) is 5.57 Å². The van der Waals surface area contributed by atoms with Gasteiger partial charge in [-0.2, -0.15) is 0 Å². The number of hydrogen-bond acceptors (Lipinski definition) is 4. The number of esters is 1. The van der Waals surface area contributed by atoms with Gasteiger partial charge in [0.05, 0.1) is 0 Å². The first-order valence-corrected chi connectivity index (χ1v) is 4.93. The Morgan fingerprint density at radius 3 is 1.74 bits per heavy atom. The number of carbonyl (C=O) groups is 3. The van der Waals surface area contributed by atoms with Crippen LogP contribution in [0.25, 0.3) is 0 Å². The zero-order valence-corrected chi connectivity index (χ0v) is 10.9. The molecule has 0 aliphatic carbocycles. The molecule has 0 aliphatic heterocycles. The van der Waals surface area contributed by atoms with Gasteiger partial charge in [0.25, 0.3) is 0 Å². The minimum absolute atomic E-state index is 0.255. The van der Waals surface area contributed by atoms with Gasteiger partial charge in [-0.05, 0) is 6.92 Å². The Labute approximate surface area is 112 Å². The van der Waals surface area contributed by atoms with Crippen molar-refractivity contribution in [2.75, 3.05) is 6.61 Å². The molecule has 0 heterocycles. The molecule has 6 nitrogen and oxygen atoms in total. The lowest BCUT2D eigenvalue weighted by atomic mass is 10.3. The average molecular weight is 269 g/mol. The van der Waals surface area contributed by atoms with Crippen LogP contribution in [0.15, 0.2) is 50.1 Å². The van der Waals surface area contributed by atoms with Crippen LogP contribution in [-0.4, -0.2) is 29.6 Å². The van der Waals surface area contributed by atoms with Crippen molar-refractivity contribution in [2.45, 2.75) is 6.92 Å². The van der Waals surface area contributed by atoms with Gasteiger partial charge < -0.3 is 15.6 Å². The third-order valence-corrected chi connectivity index (χ3v) is 1.11. The fraction of sp³-hybridized carbons (Fsp3) is 0.154. The first-order valence-electron chi connectivity index (χ1n) is 4.93. The number of ether oxygens (including phenoxy) is 1. The van der Waals surface area contributed by atoms with Crippen molar-refractivity contribution < 1.29 is 24.2 Å². The summed E-state index contributed by atoms with van der Waals surface area (Å²) in [6, 6.07) is 0. The van der Waals surface area contributed by atoms with Crippen molar-refractivity contribution in [3.63, 3.8) is 0 Å². The number of aliphatic carboxylic acids is 1. The van der Waals surface area contributed by atoms with Crippen LogP contribution >= 0.6 is 0 Å². The molecule has 0 saturated heterocycles. The van der Waals surface area contributed by atoms with E-state index < -0.39 is 17.8 Å². The first kappa shape index (κ1) is 21.6. The van der Waals surface area contributed by atoms with Crippen LogP contribution in [0.2, 0.25) is 0 Å². The van der Waals surface area contributed by atoms with E-state index in [1.807, 2.05) is 0 Å². The summed E-state index contributed by atoms with van der Waals surface area (Å²) in [6.45, 7) is 14.6. The van der Waals surface area contributed by atoms with E-state index in [1.165, 1.54) is 6.08 Å². The third kappa shape index (κ3) is 31.3. The Hall–Kier alpha value is -2.63. The molecule has 0 rings (SSSR count). The van der Waals surface area contributed by atoms with E-state index in [9.17, 15) is 14.4 Å². The summed E-state index contributed by atoms with van der Waals surface area (Å²) < 4.78 is 4.47. The summed E-state index contributed by atoms with van der Waals surface area (Å²) in [6.07, 6.45) is 3.45. The maximum Gasteiger partial charge on any atom is 0.330 e. The minimum atomic E-state index is -0.981. The second-order valence-electron chi connectivity index (χ2n) is 2.81. The van der Waals surface area contributed by atoms with Gasteiger partial charge in [0.1, 0.15) is 6.61 Å². The summed E-state index contributed by atoms with van der Waals surface area (Å²) in [5.41, 5.74) is 5.09. The number of carboxylic acids is 1. The number of nitrogens with two attached hydrogens (primary N) is 1. The quantitative estimate of drug-likeness (QED) is 0.443. The maximum absolute atomic E-state index is 10.2. The lowest BCUT2D eigenvalue weighted by molar-refractivity contribution is -0.136. The van der Waals surface area contributed by atoms with Crippen molar-refractivity contribution in [3.8, 4) is 0 Å². The molecule has 19 heavy (non-hydrogen) atoms. The standard InChI is InChI=1S/C6H8O2.C4H7NO.C3H4O2/c1-3-5-8-6(7)4-2;1-3(2)4(5)6;1-2-3(4)5/h3-4H,1-2,5H2;1H2,2H3,(H2,5,6);2H,1H2,(H,4,5). The minimum Gasteiger partial charge on any atom is -0.478 e. The number of primary amides is 1. The van der Waals surface area contributed by atoms with Crippen molar-refractivity contribution in [3.05, 3.63) is 50.1 Å². The van der Waals surface area contributed by atoms with Gasteiger partial charge in [0.2, 0.25) is 5.91 Å². The SMILES string of the molecule is C=C(C)C(N)=O.C=CC(=O)O.C=CCOC(=O)C=C. The lowest BCUT2D eigenvalue weighted by Crippen LogP contribution is -2.10. The van der Waals surface area contributed by atoms with Gasteiger partial charge in [-0.1, -0.05) is 32.4 Å². The molecule has 1 amide bonds. The van der Waals surface area contributed by atoms with Crippen molar-refractivity contribution in [1.82, 2.24) is 0 Å². The molecule has 0 aliphatic rings. The Bertz CT molecular complexity index is 346. The van der Waals surface area contributed by atoms with E-state index in [1.54, 1.807) is 6.92 Å². The smallest absolute Gasteiger partial charge is 0.330 e. The Kier molecular flexibility index (Phi) is 17.5. The summed E-state index contributed by atoms with van der Waals surface area (Å²) >= 11 is 0. The summed E-state index contributed by atoms with van der Waals surface area (Å²) in [5, 5.41) is 7.60. The summed E-state index contributed by atoms with van der Waals surface area (Å²) in [5.74, 6) is -1.83. The van der Waals surface area contributed by atoms with E-state index in [4.69, 9.17) is 10.8 Å². The van der Waals surface area contributed by atoms with Crippen LogP contribution in [0.4, 0.5) is 0 Å². The second kappa shape index (κ2) is 15.4. The van der Waals surface area contributed by atoms with Crippen LogP contribution in [-0.2, 0) is 19.1 Å². The maximum atomic E-state index is 10.2. The first-order chi connectivity index (χ1) is 8.72. The fourth-order valence-electron chi connectivity index (χ4n) is 0.200. The molecule has 0 aromatic heterocycles. The van der Waals surface area contributed by atoms with Crippen LogP contribution in [0.3, 0.4) is 0 Å². The largest absolute Gasteiger partial charge is 0.478 e. The molecule has 0 aromatic rings. The summed E-state index contributed by atoms with van der Waals surface area (Å²) in [7, 11) is 0. The van der Waals surface area contributed by atoms with E-state index >= 15 is 0 Å². The van der Waals surface area contributed by atoms with Crippen molar-refractivity contribution in [2.24, 2.45) is 5.73 Å². The monoisotopic (exact) mass is 269 g/mol. The van der Waals surface area contributed by atoms with Crippen LogP contribution in [0, 0.1) is 0 Å². The van der Waals surface area contributed by atoms with E-state index in [-0.39, 0.29) is 6.61 Å². The average Bonchev–Trinajstić information content (AvgIpc) is 2.37. The number of hydrogen-bond donors (Lipinski definition) is 2. The van der Waals surface area contributed by atoms with Crippen molar-refractivity contribution >= 4 is 17.8 Å². The molecule has 106 valence electrons. The predicted molar refractivity (Wildman–Crippen MR) is 73.2 cm³/mol. The van der Waals surface area contributed by atoms with Gasteiger partial charge >= 0.3 is 11.9 Å². The van der Waals surface area contributed by atoms with Gasteiger partial charge in [-0.3, -0.25) is 4.79 Å². The Balaban J connectivity index is -0.000000209. The molecule has 0 fully saturated rings. The summed E-state index contributed by atoms with van der Waals surface area (Å²) in [4.78, 5) is 29.3. The van der Waals surface area contributed by atoms with Crippen LogP contribution < -0.4 is 5.73 Å². The predicted octanol–water partition coefficient (Wildman–Crippen LogP) is 1.21. The zero-order chi connectivity index (χ0) is 15.8. The van der Waals surface area contributed by atoms with Crippen LogP contribution in [0.1, 0.15) is 6.92 Å². The van der Waals surface area contributed by atoms with E-state index in [2.05, 4.69) is 31.1 Å². The normalized spacial score (nSPS) is 7.21. The molecule has 0 spiro atoms. The molecule has 0 radical (unpaired) electrons. The number of amides is 1. The highest BCUT2D eigenvalue weighted by molar-refractivity contribution is 5.90. The molecule has 0 atom stereocenters. The highest BCUT2D eigenvalue weighted by atomic mass is 16.5. The number of carboxylic acid groups (broad SMARTS) is 1. The van der Waals surface area contributed by atoms with Crippen molar-refractivity contribution in [1.29, 1.82) is 0 Å². The van der Waals surface area contributed by atoms with Gasteiger partial charge in [0, 0.05) is 17.7 Å². The number of rotatable bonds is 5. The molecule has 3 N–H and O–H groups in total. The van der Waals surface area contributed by atoms with Crippen LogP contribution in [0.5, 0.6) is 0 Å². The highest BCUT2D eigenvalue weighted by Crippen LogP contribution is 1.78. The third-order valence-electron chi connectivity index (χ3n) is 1.11. The second-order valence-corrected chi connectivity index (χ2v) is 2.81. The molecule has 0 bridgehead atoms. The number of carbonyl (C=O) groups excluding carboxylic acids is 2. The molecule has 0 saturated carbocycles. The molecule has 6 heteroatoms. The zero-order valence-electron chi connectivity index (χ0n) is 10.9. The fourth-order valence-corrected chi connectivity index (χ4v) is 0.200. The van der Waals surface area contributed by atoms with Gasteiger partial charge in [-0.25, -0.2) is 9.59 Å².